The Morgan fingerprint density at radius 1 is 0.900 bits per heavy atom. The molecule has 0 amide bonds. The van der Waals surface area contributed by atoms with Crippen LogP contribution in [0.4, 0.5) is 0 Å². The lowest BCUT2D eigenvalue weighted by molar-refractivity contribution is -0.223. The van der Waals surface area contributed by atoms with Gasteiger partial charge in [0.15, 0.2) is 0 Å². The number of fused-ring (bicyclic) bond motifs is 5. The third kappa shape index (κ3) is 3.52. The monoisotopic (exact) mass is 418 g/mol. The first-order valence-electron chi connectivity index (χ1n) is 12.8. The highest BCUT2D eigenvalue weighted by atomic mass is 16.3. The first kappa shape index (κ1) is 22.8. The van der Waals surface area contributed by atoms with Crippen LogP contribution in [0.3, 0.4) is 0 Å². The fourth-order valence-electron chi connectivity index (χ4n) is 9.05. The molecule has 30 heavy (non-hydrogen) atoms. The molecule has 4 rings (SSSR count). The molecule has 3 nitrogen and oxygen atoms in total. The zero-order valence-electron chi connectivity index (χ0n) is 20.0. The Morgan fingerprint density at radius 2 is 1.57 bits per heavy atom. The summed E-state index contributed by atoms with van der Waals surface area (Å²) in [5.74, 6) is 2.74. The molecule has 0 bridgehead atoms. The van der Waals surface area contributed by atoms with E-state index in [1.807, 2.05) is 0 Å². The second kappa shape index (κ2) is 8.19. The average molecular weight is 419 g/mol. The summed E-state index contributed by atoms with van der Waals surface area (Å²) in [7, 11) is 0. The van der Waals surface area contributed by atoms with Crippen LogP contribution in [-0.2, 0) is 0 Å². The van der Waals surface area contributed by atoms with Gasteiger partial charge in [-0.1, -0.05) is 32.4 Å². The summed E-state index contributed by atoms with van der Waals surface area (Å²) < 4.78 is 0. The second-order valence-corrected chi connectivity index (χ2v) is 12.4. The molecule has 0 radical (unpaired) electrons. The molecule has 4 fully saturated rings. The molecule has 4 saturated carbocycles. The number of hydrogen-bond donors (Lipinski definition) is 3. The summed E-state index contributed by atoms with van der Waals surface area (Å²) in [6.45, 7) is 11.7. The highest BCUT2D eigenvalue weighted by Gasteiger charge is 2.65. The van der Waals surface area contributed by atoms with E-state index in [0.29, 0.717) is 29.6 Å². The number of allylic oxidation sites excluding steroid dienone is 2. The van der Waals surface area contributed by atoms with Gasteiger partial charge in [0, 0.05) is 0 Å². The van der Waals surface area contributed by atoms with Gasteiger partial charge < -0.3 is 15.3 Å². The van der Waals surface area contributed by atoms with Crippen LogP contribution in [0.1, 0.15) is 92.4 Å². The van der Waals surface area contributed by atoms with Crippen LogP contribution in [0, 0.1) is 46.3 Å². The van der Waals surface area contributed by atoms with E-state index in [0.717, 1.165) is 18.8 Å². The standard InChI is InChI=1S/C27H46O3/c1-16(2)7-6-8-17(3)19-9-10-20-23-21(12-14-26(19,20)4)27(5)13-11-18(28)15-22(27)24(29)25(23)30/h7,17-25,28-30H,6,8-15H2,1-5H3. The molecule has 0 aromatic carbocycles. The summed E-state index contributed by atoms with van der Waals surface area (Å²) in [4.78, 5) is 0. The molecule has 0 spiro atoms. The van der Waals surface area contributed by atoms with Crippen LogP contribution >= 0.6 is 0 Å². The quantitative estimate of drug-likeness (QED) is 0.541. The molecule has 0 saturated heterocycles. The summed E-state index contributed by atoms with van der Waals surface area (Å²) in [6, 6.07) is 0. The zero-order valence-corrected chi connectivity index (χ0v) is 20.0. The molecule has 172 valence electrons. The predicted octanol–water partition coefficient (Wildman–Crippen LogP) is 5.33. The number of hydrogen-bond acceptors (Lipinski definition) is 3. The smallest absolute Gasteiger partial charge is 0.0836 e. The summed E-state index contributed by atoms with van der Waals surface area (Å²) >= 11 is 0. The van der Waals surface area contributed by atoms with Crippen molar-refractivity contribution in [2.75, 3.05) is 0 Å². The molecule has 11 unspecified atom stereocenters. The van der Waals surface area contributed by atoms with Crippen LogP contribution in [0.25, 0.3) is 0 Å². The summed E-state index contributed by atoms with van der Waals surface area (Å²) in [5.41, 5.74) is 1.78. The molecular formula is C27H46O3. The summed E-state index contributed by atoms with van der Waals surface area (Å²) in [5, 5.41) is 32.8. The van der Waals surface area contributed by atoms with Crippen LogP contribution < -0.4 is 0 Å². The summed E-state index contributed by atoms with van der Waals surface area (Å²) in [6.07, 6.45) is 10.6. The van der Waals surface area contributed by atoms with E-state index in [2.05, 4.69) is 40.7 Å². The van der Waals surface area contributed by atoms with Crippen molar-refractivity contribution in [2.45, 2.75) is 111 Å². The molecule has 0 aliphatic heterocycles. The number of aliphatic hydroxyl groups is 3. The van der Waals surface area contributed by atoms with Gasteiger partial charge in [-0.2, -0.15) is 0 Å². The van der Waals surface area contributed by atoms with Crippen molar-refractivity contribution >= 4 is 0 Å². The molecular weight excluding hydrogens is 372 g/mol. The van der Waals surface area contributed by atoms with Gasteiger partial charge in [0.05, 0.1) is 18.3 Å². The average Bonchev–Trinajstić information content (AvgIpc) is 3.04. The lowest BCUT2D eigenvalue weighted by atomic mass is 9.43. The zero-order chi connectivity index (χ0) is 21.8. The first-order valence-corrected chi connectivity index (χ1v) is 12.8. The lowest BCUT2D eigenvalue weighted by Gasteiger charge is -2.63. The third-order valence-electron chi connectivity index (χ3n) is 10.7. The molecule has 4 aliphatic carbocycles. The van der Waals surface area contributed by atoms with Gasteiger partial charge in [-0.05, 0) is 118 Å². The van der Waals surface area contributed by atoms with Crippen molar-refractivity contribution in [3.63, 3.8) is 0 Å². The Kier molecular flexibility index (Phi) is 6.23. The SMILES string of the molecule is CC(C)=CCCC(C)C1CCC2C3C(O)C(O)C4CC(O)CCC4(C)C3CCC12C. The first-order chi connectivity index (χ1) is 14.1. The van der Waals surface area contributed by atoms with E-state index in [4.69, 9.17) is 0 Å². The second-order valence-electron chi connectivity index (χ2n) is 12.4. The normalized spacial score (nSPS) is 51.5. The van der Waals surface area contributed by atoms with Gasteiger partial charge in [0.1, 0.15) is 0 Å². The maximum absolute atomic E-state index is 11.4. The van der Waals surface area contributed by atoms with Crippen LogP contribution in [-0.4, -0.2) is 33.6 Å². The lowest BCUT2D eigenvalue weighted by Crippen LogP contribution is -2.64. The van der Waals surface area contributed by atoms with Crippen molar-refractivity contribution in [3.05, 3.63) is 11.6 Å². The Hall–Kier alpha value is -0.380. The van der Waals surface area contributed by atoms with Gasteiger partial charge in [0.25, 0.3) is 0 Å². The van der Waals surface area contributed by atoms with Gasteiger partial charge >= 0.3 is 0 Å². The highest BCUT2D eigenvalue weighted by molar-refractivity contribution is 5.14. The minimum Gasteiger partial charge on any atom is -0.393 e. The van der Waals surface area contributed by atoms with Gasteiger partial charge in [0.2, 0.25) is 0 Å². The molecule has 3 N–H and O–H groups in total. The third-order valence-corrected chi connectivity index (χ3v) is 10.7. The van der Waals surface area contributed by atoms with E-state index in [1.54, 1.807) is 0 Å². The Morgan fingerprint density at radius 3 is 2.27 bits per heavy atom. The van der Waals surface area contributed by atoms with E-state index >= 15 is 0 Å². The minimum absolute atomic E-state index is 0.0436. The van der Waals surface area contributed by atoms with Crippen molar-refractivity contribution in [2.24, 2.45) is 46.3 Å². The Bertz CT molecular complexity index is 654. The fourth-order valence-corrected chi connectivity index (χ4v) is 9.05. The van der Waals surface area contributed by atoms with Crippen LogP contribution in [0.5, 0.6) is 0 Å². The molecule has 0 aromatic rings. The minimum atomic E-state index is -0.678. The van der Waals surface area contributed by atoms with Crippen LogP contribution in [0.15, 0.2) is 11.6 Å². The van der Waals surface area contributed by atoms with Crippen molar-refractivity contribution in [3.8, 4) is 0 Å². The number of rotatable bonds is 4. The van der Waals surface area contributed by atoms with Crippen LogP contribution in [0.2, 0.25) is 0 Å². The maximum Gasteiger partial charge on any atom is 0.0836 e. The van der Waals surface area contributed by atoms with Gasteiger partial charge in [-0.15, -0.1) is 0 Å². The largest absolute Gasteiger partial charge is 0.393 e. The maximum atomic E-state index is 11.4. The molecule has 0 aromatic heterocycles. The highest BCUT2D eigenvalue weighted by Crippen LogP contribution is 2.68. The topological polar surface area (TPSA) is 60.7 Å². The van der Waals surface area contributed by atoms with E-state index < -0.39 is 12.2 Å². The van der Waals surface area contributed by atoms with Crippen molar-refractivity contribution in [1.29, 1.82) is 0 Å². The van der Waals surface area contributed by atoms with E-state index in [9.17, 15) is 15.3 Å². The number of aliphatic hydroxyl groups excluding tert-OH is 3. The van der Waals surface area contributed by atoms with Gasteiger partial charge in [-0.3, -0.25) is 0 Å². The molecule has 0 heterocycles. The van der Waals surface area contributed by atoms with Crippen molar-refractivity contribution in [1.82, 2.24) is 0 Å². The van der Waals surface area contributed by atoms with E-state index in [1.165, 1.54) is 44.1 Å². The fraction of sp³-hybridized carbons (Fsp3) is 0.926. The Labute approximate surface area is 184 Å². The predicted molar refractivity (Wildman–Crippen MR) is 122 cm³/mol. The molecule has 4 aliphatic rings. The molecule has 11 atom stereocenters. The molecule has 3 heteroatoms. The Balaban J connectivity index is 1.56. The van der Waals surface area contributed by atoms with E-state index in [-0.39, 0.29) is 23.4 Å². The van der Waals surface area contributed by atoms with Crippen molar-refractivity contribution < 1.29 is 15.3 Å². The van der Waals surface area contributed by atoms with Gasteiger partial charge in [-0.25, -0.2) is 0 Å².